The molecule has 28 heavy (non-hydrogen) atoms. The number of hydrogen-bond donors (Lipinski definition) is 1. The summed E-state index contributed by atoms with van der Waals surface area (Å²) >= 11 is 0. The Labute approximate surface area is 163 Å². The maximum absolute atomic E-state index is 12.9. The molecule has 1 fully saturated rings. The van der Waals surface area contributed by atoms with E-state index in [4.69, 9.17) is 4.74 Å². The summed E-state index contributed by atoms with van der Waals surface area (Å²) in [5.74, 6) is 1.38. The van der Waals surface area contributed by atoms with Crippen LogP contribution in [0.3, 0.4) is 0 Å². The van der Waals surface area contributed by atoms with Gasteiger partial charge in [0.1, 0.15) is 17.7 Å². The van der Waals surface area contributed by atoms with Gasteiger partial charge in [0.25, 0.3) is 5.91 Å². The lowest BCUT2D eigenvalue weighted by Crippen LogP contribution is -2.42. The Balaban J connectivity index is 1.49. The second kappa shape index (κ2) is 7.77. The Bertz CT molecular complexity index is 972. The zero-order chi connectivity index (χ0) is 19.5. The number of carbonyl (C=O) groups is 1. The molecule has 0 unspecified atom stereocenters. The first-order valence-electron chi connectivity index (χ1n) is 9.16. The van der Waals surface area contributed by atoms with E-state index in [-0.39, 0.29) is 12.0 Å². The number of nitrogens with zero attached hydrogens (tertiary/aromatic N) is 5. The summed E-state index contributed by atoms with van der Waals surface area (Å²) in [5, 5.41) is 7.45. The Morgan fingerprint density at radius 1 is 1.21 bits per heavy atom. The topological polar surface area (TPSA) is 85.2 Å². The maximum Gasteiger partial charge on any atom is 0.257 e. The Hall–Kier alpha value is -3.26. The fraction of sp³-hybridized carbons (Fsp3) is 0.300. The van der Waals surface area contributed by atoms with Gasteiger partial charge in [0.2, 0.25) is 0 Å². The van der Waals surface area contributed by atoms with Crippen molar-refractivity contribution in [1.82, 2.24) is 24.6 Å². The molecule has 0 radical (unpaired) electrons. The van der Waals surface area contributed by atoms with E-state index in [9.17, 15) is 4.79 Å². The van der Waals surface area contributed by atoms with E-state index in [1.165, 1.54) is 0 Å². The van der Waals surface area contributed by atoms with Gasteiger partial charge in [-0.2, -0.15) is 5.10 Å². The van der Waals surface area contributed by atoms with Crippen LogP contribution in [0, 0.1) is 6.92 Å². The number of hydrogen-bond acceptors (Lipinski definition) is 6. The van der Waals surface area contributed by atoms with Gasteiger partial charge in [-0.1, -0.05) is 12.1 Å². The highest BCUT2D eigenvalue weighted by atomic mass is 16.5. The molecule has 1 amide bonds. The van der Waals surface area contributed by atoms with Crippen LogP contribution in [0.1, 0.15) is 27.8 Å². The molecule has 1 N–H and O–H groups in total. The Morgan fingerprint density at radius 2 is 2.07 bits per heavy atom. The Kier molecular flexibility index (Phi) is 5.03. The van der Waals surface area contributed by atoms with Crippen molar-refractivity contribution in [3.8, 4) is 0 Å². The number of amides is 1. The number of carbonyl (C=O) groups excluding carboxylic acids is 1. The van der Waals surface area contributed by atoms with E-state index >= 15 is 0 Å². The van der Waals surface area contributed by atoms with E-state index in [0.717, 1.165) is 17.2 Å². The first-order valence-corrected chi connectivity index (χ1v) is 9.16. The quantitative estimate of drug-likeness (QED) is 0.751. The van der Waals surface area contributed by atoms with Crippen molar-refractivity contribution < 1.29 is 9.53 Å². The molecular formula is C20H22N6O2. The lowest BCUT2D eigenvalue weighted by atomic mass is 10.1. The van der Waals surface area contributed by atoms with Gasteiger partial charge in [-0.15, -0.1) is 0 Å². The van der Waals surface area contributed by atoms with Crippen molar-refractivity contribution in [2.75, 3.05) is 25.0 Å². The number of anilines is 2. The van der Waals surface area contributed by atoms with Gasteiger partial charge >= 0.3 is 0 Å². The highest BCUT2D eigenvalue weighted by Crippen LogP contribution is 2.24. The number of ether oxygens (including phenoxy) is 1. The second-order valence-corrected chi connectivity index (χ2v) is 6.70. The molecule has 1 aliphatic heterocycles. The number of aromatic nitrogens is 4. The zero-order valence-corrected chi connectivity index (χ0v) is 15.9. The van der Waals surface area contributed by atoms with Crippen molar-refractivity contribution in [3.63, 3.8) is 0 Å². The molecule has 0 aliphatic carbocycles. The summed E-state index contributed by atoms with van der Waals surface area (Å²) in [6.07, 6.45) is 3.21. The van der Waals surface area contributed by atoms with E-state index in [1.807, 2.05) is 50.4 Å². The van der Waals surface area contributed by atoms with Gasteiger partial charge in [0.05, 0.1) is 30.1 Å². The van der Waals surface area contributed by atoms with Gasteiger partial charge in [-0.05, 0) is 31.2 Å². The smallest absolute Gasteiger partial charge is 0.257 e. The summed E-state index contributed by atoms with van der Waals surface area (Å²) in [6.45, 7) is 3.32. The van der Waals surface area contributed by atoms with Crippen molar-refractivity contribution in [3.05, 3.63) is 65.7 Å². The average Bonchev–Trinajstić information content (AvgIpc) is 3.06. The van der Waals surface area contributed by atoms with Gasteiger partial charge < -0.3 is 15.0 Å². The van der Waals surface area contributed by atoms with E-state index in [0.29, 0.717) is 31.1 Å². The minimum Gasteiger partial charge on any atom is -0.368 e. The molecule has 0 saturated carbocycles. The largest absolute Gasteiger partial charge is 0.368 e. The molecule has 8 heteroatoms. The molecule has 1 atom stereocenters. The number of morpholine rings is 1. The highest BCUT2D eigenvalue weighted by Gasteiger charge is 2.28. The van der Waals surface area contributed by atoms with E-state index in [1.54, 1.807) is 22.0 Å². The SMILES string of the molecule is Cc1nn(C)cc1C(=O)N1CCO[C@@H](c2cccc(Nc3ccccn3)n2)C1. The predicted molar refractivity (Wildman–Crippen MR) is 104 cm³/mol. The summed E-state index contributed by atoms with van der Waals surface area (Å²) in [4.78, 5) is 23.6. The average molecular weight is 378 g/mol. The maximum atomic E-state index is 12.9. The molecule has 0 aromatic carbocycles. The van der Waals surface area contributed by atoms with Crippen LogP contribution in [0.4, 0.5) is 11.6 Å². The van der Waals surface area contributed by atoms with Crippen LogP contribution < -0.4 is 5.32 Å². The molecule has 144 valence electrons. The van der Waals surface area contributed by atoms with Gasteiger partial charge in [-0.3, -0.25) is 9.48 Å². The first kappa shape index (κ1) is 18.1. The van der Waals surface area contributed by atoms with Crippen molar-refractivity contribution in [1.29, 1.82) is 0 Å². The molecule has 0 bridgehead atoms. The molecule has 4 heterocycles. The minimum absolute atomic E-state index is 0.0262. The third kappa shape index (κ3) is 3.86. The third-order valence-electron chi connectivity index (χ3n) is 4.62. The molecule has 3 aromatic rings. The molecule has 1 saturated heterocycles. The zero-order valence-electron chi connectivity index (χ0n) is 15.9. The van der Waals surface area contributed by atoms with Crippen molar-refractivity contribution >= 4 is 17.5 Å². The summed E-state index contributed by atoms with van der Waals surface area (Å²) < 4.78 is 7.56. The summed E-state index contributed by atoms with van der Waals surface area (Å²) in [5.41, 5.74) is 2.14. The standard InChI is InChI=1S/C20H22N6O2/c1-14-15(12-25(2)24-14)20(27)26-10-11-28-17(13-26)16-6-5-8-19(22-16)23-18-7-3-4-9-21-18/h3-9,12,17H,10-11,13H2,1-2H3,(H,21,22,23)/t17-/m1/s1. The lowest BCUT2D eigenvalue weighted by molar-refractivity contribution is -0.0246. The number of rotatable bonds is 4. The molecular weight excluding hydrogens is 356 g/mol. The second-order valence-electron chi connectivity index (χ2n) is 6.70. The Morgan fingerprint density at radius 3 is 2.82 bits per heavy atom. The number of aryl methyl sites for hydroxylation is 2. The van der Waals surface area contributed by atoms with Crippen LogP contribution in [0.2, 0.25) is 0 Å². The van der Waals surface area contributed by atoms with Crippen LogP contribution in [0.15, 0.2) is 48.8 Å². The first-order chi connectivity index (χ1) is 13.6. The van der Waals surface area contributed by atoms with Crippen LogP contribution in [0.25, 0.3) is 0 Å². The number of nitrogens with one attached hydrogen (secondary N) is 1. The van der Waals surface area contributed by atoms with E-state index < -0.39 is 0 Å². The van der Waals surface area contributed by atoms with Crippen LogP contribution in [0.5, 0.6) is 0 Å². The van der Waals surface area contributed by atoms with Crippen LogP contribution >= 0.6 is 0 Å². The fourth-order valence-corrected chi connectivity index (χ4v) is 3.26. The van der Waals surface area contributed by atoms with Crippen molar-refractivity contribution in [2.24, 2.45) is 7.05 Å². The summed E-state index contributed by atoms with van der Waals surface area (Å²) in [6, 6.07) is 11.4. The normalized spacial score (nSPS) is 16.8. The molecule has 4 rings (SSSR count). The van der Waals surface area contributed by atoms with Crippen molar-refractivity contribution in [2.45, 2.75) is 13.0 Å². The van der Waals surface area contributed by atoms with Gasteiger partial charge in [0.15, 0.2) is 0 Å². The fourth-order valence-electron chi connectivity index (χ4n) is 3.26. The molecule has 3 aromatic heterocycles. The third-order valence-corrected chi connectivity index (χ3v) is 4.62. The number of pyridine rings is 2. The molecule has 1 aliphatic rings. The predicted octanol–water partition coefficient (Wildman–Crippen LogP) is 2.48. The highest BCUT2D eigenvalue weighted by molar-refractivity contribution is 5.95. The van der Waals surface area contributed by atoms with Gasteiger partial charge in [-0.25, -0.2) is 9.97 Å². The summed E-state index contributed by atoms with van der Waals surface area (Å²) in [7, 11) is 1.82. The van der Waals surface area contributed by atoms with Crippen LogP contribution in [-0.4, -0.2) is 50.3 Å². The van der Waals surface area contributed by atoms with Gasteiger partial charge in [0, 0.05) is 26.0 Å². The lowest BCUT2D eigenvalue weighted by Gasteiger charge is -2.32. The van der Waals surface area contributed by atoms with E-state index in [2.05, 4.69) is 20.4 Å². The molecule has 8 nitrogen and oxygen atoms in total. The minimum atomic E-state index is -0.278. The molecule has 0 spiro atoms. The van der Waals surface area contributed by atoms with Crippen LogP contribution in [-0.2, 0) is 11.8 Å². The monoisotopic (exact) mass is 378 g/mol.